The summed E-state index contributed by atoms with van der Waals surface area (Å²) in [6.07, 6.45) is 1.90. The predicted octanol–water partition coefficient (Wildman–Crippen LogP) is 1.06. The number of alkyl halides is 1. The first-order chi connectivity index (χ1) is 8.12. The van der Waals surface area contributed by atoms with Crippen LogP contribution in [0.2, 0.25) is 0 Å². The molecule has 102 valence electrons. The fraction of sp³-hybridized carbons (Fsp3) is 1.00. The lowest BCUT2D eigenvalue weighted by Crippen LogP contribution is -2.49. The maximum absolute atomic E-state index is 12.4. The number of nitrogens with zero attached hydrogens (tertiary/aromatic N) is 2. The van der Waals surface area contributed by atoms with Crippen LogP contribution in [0.15, 0.2) is 0 Å². The molecule has 0 aromatic rings. The molecule has 1 heterocycles. The smallest absolute Gasteiger partial charge is 0.282 e. The Kier molecular flexibility index (Phi) is 6.94. The first kappa shape index (κ1) is 15.4. The van der Waals surface area contributed by atoms with Crippen LogP contribution in [0.4, 0.5) is 0 Å². The second kappa shape index (κ2) is 7.68. The van der Waals surface area contributed by atoms with Crippen LogP contribution in [0.3, 0.4) is 0 Å². The summed E-state index contributed by atoms with van der Waals surface area (Å²) in [4.78, 5) is 0. The van der Waals surface area contributed by atoms with Crippen molar-refractivity contribution in [1.82, 2.24) is 8.61 Å². The molecule has 1 aliphatic heterocycles. The zero-order valence-electron chi connectivity index (χ0n) is 10.3. The molecule has 1 fully saturated rings. The molecule has 17 heavy (non-hydrogen) atoms. The first-order valence-electron chi connectivity index (χ1n) is 6.02. The Balaban J connectivity index is 2.67. The highest BCUT2D eigenvalue weighted by molar-refractivity contribution is 9.09. The second-order valence-corrected chi connectivity index (χ2v) is 6.68. The minimum absolute atomic E-state index is 0.466. The van der Waals surface area contributed by atoms with Gasteiger partial charge in [-0.05, 0) is 6.42 Å². The van der Waals surface area contributed by atoms with Gasteiger partial charge in [0, 0.05) is 31.5 Å². The fourth-order valence-electron chi connectivity index (χ4n) is 1.71. The summed E-state index contributed by atoms with van der Waals surface area (Å²) in [6, 6.07) is 0. The molecule has 0 N–H and O–H groups in total. The monoisotopic (exact) mass is 328 g/mol. The molecule has 0 spiro atoms. The third-order valence-corrected chi connectivity index (χ3v) is 5.11. The molecule has 0 aromatic carbocycles. The number of rotatable bonds is 7. The van der Waals surface area contributed by atoms with Crippen LogP contribution in [0.1, 0.15) is 19.8 Å². The summed E-state index contributed by atoms with van der Waals surface area (Å²) in [6.45, 7) is 5.11. The molecule has 0 aliphatic carbocycles. The van der Waals surface area contributed by atoms with Crippen molar-refractivity contribution in [1.29, 1.82) is 0 Å². The van der Waals surface area contributed by atoms with Gasteiger partial charge in [0.1, 0.15) is 0 Å². The van der Waals surface area contributed by atoms with E-state index in [4.69, 9.17) is 4.74 Å². The van der Waals surface area contributed by atoms with E-state index in [0.717, 1.165) is 12.8 Å². The van der Waals surface area contributed by atoms with E-state index in [1.807, 2.05) is 0 Å². The van der Waals surface area contributed by atoms with Crippen molar-refractivity contribution >= 4 is 26.1 Å². The number of hydrogen-bond donors (Lipinski definition) is 0. The van der Waals surface area contributed by atoms with E-state index in [0.29, 0.717) is 44.7 Å². The van der Waals surface area contributed by atoms with Crippen LogP contribution in [0.5, 0.6) is 0 Å². The Hall–Kier alpha value is 0.310. The Labute approximate surface area is 112 Å². The van der Waals surface area contributed by atoms with E-state index in [9.17, 15) is 8.42 Å². The molecule has 0 unspecified atom stereocenters. The highest BCUT2D eigenvalue weighted by atomic mass is 79.9. The molecular formula is C10H21BrN2O3S. The third-order valence-electron chi connectivity index (χ3n) is 2.72. The number of unbranched alkanes of at least 4 members (excludes halogenated alkanes) is 1. The standard InChI is InChI=1S/C10H21BrN2O3S/c1-2-3-5-12(6-4-11)17(14,15)13-7-9-16-10-8-13/h2-10H2,1H3. The molecular weight excluding hydrogens is 308 g/mol. The maximum atomic E-state index is 12.4. The number of ether oxygens (including phenoxy) is 1. The van der Waals surface area contributed by atoms with Gasteiger partial charge in [-0.3, -0.25) is 0 Å². The number of morpholine rings is 1. The first-order valence-corrected chi connectivity index (χ1v) is 8.53. The van der Waals surface area contributed by atoms with E-state index < -0.39 is 10.2 Å². The van der Waals surface area contributed by atoms with E-state index in [1.165, 1.54) is 4.31 Å². The normalized spacial score (nSPS) is 18.8. The van der Waals surface area contributed by atoms with Gasteiger partial charge in [0.15, 0.2) is 0 Å². The van der Waals surface area contributed by atoms with E-state index >= 15 is 0 Å². The zero-order valence-corrected chi connectivity index (χ0v) is 12.7. The van der Waals surface area contributed by atoms with Crippen molar-refractivity contribution < 1.29 is 13.2 Å². The molecule has 0 bridgehead atoms. The summed E-state index contributed by atoms with van der Waals surface area (Å²) < 4.78 is 33.0. The molecule has 0 aromatic heterocycles. The van der Waals surface area contributed by atoms with Crippen LogP contribution in [-0.4, -0.2) is 61.8 Å². The number of hydrogen-bond acceptors (Lipinski definition) is 3. The van der Waals surface area contributed by atoms with Crippen molar-refractivity contribution in [2.24, 2.45) is 0 Å². The lowest BCUT2D eigenvalue weighted by Gasteiger charge is -2.31. The van der Waals surface area contributed by atoms with Gasteiger partial charge >= 0.3 is 0 Å². The predicted molar refractivity (Wildman–Crippen MR) is 71.6 cm³/mol. The largest absolute Gasteiger partial charge is 0.379 e. The average molecular weight is 329 g/mol. The molecule has 7 heteroatoms. The Morgan fingerprint density at radius 1 is 1.29 bits per heavy atom. The molecule has 1 saturated heterocycles. The summed E-state index contributed by atoms with van der Waals surface area (Å²) in [7, 11) is -3.30. The van der Waals surface area contributed by atoms with Crippen molar-refractivity contribution in [2.45, 2.75) is 19.8 Å². The second-order valence-electron chi connectivity index (χ2n) is 3.96. The fourth-order valence-corrected chi connectivity index (χ4v) is 3.99. The van der Waals surface area contributed by atoms with Gasteiger partial charge in [-0.25, -0.2) is 0 Å². The van der Waals surface area contributed by atoms with Crippen molar-refractivity contribution in [2.75, 3.05) is 44.7 Å². The third kappa shape index (κ3) is 4.48. The van der Waals surface area contributed by atoms with Gasteiger partial charge in [-0.2, -0.15) is 17.0 Å². The van der Waals surface area contributed by atoms with Crippen LogP contribution < -0.4 is 0 Å². The number of halogens is 1. The maximum Gasteiger partial charge on any atom is 0.282 e. The lowest BCUT2D eigenvalue weighted by atomic mass is 10.3. The van der Waals surface area contributed by atoms with Crippen molar-refractivity contribution in [3.8, 4) is 0 Å². The highest BCUT2D eigenvalue weighted by Gasteiger charge is 2.29. The Morgan fingerprint density at radius 2 is 1.94 bits per heavy atom. The molecule has 0 saturated carbocycles. The van der Waals surface area contributed by atoms with Gasteiger partial charge in [-0.1, -0.05) is 29.3 Å². The van der Waals surface area contributed by atoms with Crippen molar-refractivity contribution in [3.63, 3.8) is 0 Å². The summed E-state index contributed by atoms with van der Waals surface area (Å²) >= 11 is 3.31. The van der Waals surface area contributed by atoms with Gasteiger partial charge in [-0.15, -0.1) is 0 Å². The summed E-state index contributed by atoms with van der Waals surface area (Å²) in [5.41, 5.74) is 0. The van der Waals surface area contributed by atoms with Gasteiger partial charge in [0.25, 0.3) is 10.2 Å². The summed E-state index contributed by atoms with van der Waals surface area (Å²) in [5.74, 6) is 0. The SMILES string of the molecule is CCCCN(CCBr)S(=O)(=O)N1CCOCC1. The zero-order chi connectivity index (χ0) is 12.7. The van der Waals surface area contributed by atoms with E-state index in [1.54, 1.807) is 4.31 Å². The average Bonchev–Trinajstić information content (AvgIpc) is 2.35. The van der Waals surface area contributed by atoms with Crippen molar-refractivity contribution in [3.05, 3.63) is 0 Å². The highest BCUT2D eigenvalue weighted by Crippen LogP contribution is 2.12. The van der Waals surface area contributed by atoms with Crippen LogP contribution in [0.25, 0.3) is 0 Å². The minimum atomic E-state index is -3.30. The van der Waals surface area contributed by atoms with Gasteiger partial charge < -0.3 is 4.74 Å². The van der Waals surface area contributed by atoms with Crippen LogP contribution >= 0.6 is 15.9 Å². The van der Waals surface area contributed by atoms with E-state index in [2.05, 4.69) is 22.9 Å². The Bertz CT molecular complexity index is 305. The molecule has 1 rings (SSSR count). The van der Waals surface area contributed by atoms with Gasteiger partial charge in [0.05, 0.1) is 13.2 Å². The molecule has 5 nitrogen and oxygen atoms in total. The van der Waals surface area contributed by atoms with Gasteiger partial charge in [0.2, 0.25) is 0 Å². The molecule has 0 atom stereocenters. The topological polar surface area (TPSA) is 49.9 Å². The van der Waals surface area contributed by atoms with E-state index in [-0.39, 0.29) is 0 Å². The molecule has 0 amide bonds. The quantitative estimate of drug-likeness (QED) is 0.656. The minimum Gasteiger partial charge on any atom is -0.379 e. The Morgan fingerprint density at radius 3 is 2.47 bits per heavy atom. The molecule has 1 aliphatic rings. The lowest BCUT2D eigenvalue weighted by molar-refractivity contribution is 0.0702. The summed E-state index contributed by atoms with van der Waals surface area (Å²) in [5, 5.41) is 0.667. The van der Waals surface area contributed by atoms with Crippen LogP contribution in [0, 0.1) is 0 Å². The van der Waals surface area contributed by atoms with Crippen LogP contribution in [-0.2, 0) is 14.9 Å². The molecule has 0 radical (unpaired) electrons.